The van der Waals surface area contributed by atoms with Crippen molar-refractivity contribution in [1.29, 1.82) is 0 Å². The molecular weight excluding hydrogens is 334 g/mol. The highest BCUT2D eigenvalue weighted by Crippen LogP contribution is 2.25. The second-order valence-electron chi connectivity index (χ2n) is 4.67. The van der Waals surface area contributed by atoms with Crippen LogP contribution >= 0.6 is 27.3 Å². The largest absolute Gasteiger partial charge is 0.339 e. The Morgan fingerprint density at radius 3 is 2.85 bits per heavy atom. The molecule has 0 atom stereocenters. The summed E-state index contributed by atoms with van der Waals surface area (Å²) in [6.07, 6.45) is 2.97. The van der Waals surface area contributed by atoms with Crippen molar-refractivity contribution < 1.29 is 4.79 Å². The van der Waals surface area contributed by atoms with Crippen molar-refractivity contribution >= 4 is 44.0 Å². The van der Waals surface area contributed by atoms with E-state index in [1.807, 2.05) is 17.6 Å². The maximum Gasteiger partial charge on any atom is 0.193 e. The van der Waals surface area contributed by atoms with Gasteiger partial charge in [-0.1, -0.05) is 25.1 Å². The summed E-state index contributed by atoms with van der Waals surface area (Å²) in [5.41, 5.74) is 2.46. The van der Waals surface area contributed by atoms with Crippen molar-refractivity contribution in [3.05, 3.63) is 56.8 Å². The van der Waals surface area contributed by atoms with Gasteiger partial charge in [0.2, 0.25) is 0 Å². The molecule has 0 radical (unpaired) electrons. The molecule has 20 heavy (non-hydrogen) atoms. The summed E-state index contributed by atoms with van der Waals surface area (Å²) < 4.78 is 2.95. The van der Waals surface area contributed by atoms with E-state index in [1.165, 1.54) is 27.8 Å². The Hall–Kier alpha value is -1.39. The van der Waals surface area contributed by atoms with Gasteiger partial charge in [-0.2, -0.15) is 0 Å². The average Bonchev–Trinajstić information content (AvgIpc) is 3.05. The number of aryl methyl sites for hydroxylation is 1. The van der Waals surface area contributed by atoms with Gasteiger partial charge >= 0.3 is 0 Å². The van der Waals surface area contributed by atoms with Crippen molar-refractivity contribution in [2.45, 2.75) is 19.9 Å². The number of carbonyl (C=O) groups excluding carboxylic acids is 1. The van der Waals surface area contributed by atoms with Crippen molar-refractivity contribution in [1.82, 2.24) is 4.57 Å². The average molecular weight is 348 g/mol. The lowest BCUT2D eigenvalue weighted by Crippen LogP contribution is -2.09. The number of thiophene rings is 1. The van der Waals surface area contributed by atoms with Crippen molar-refractivity contribution in [2.75, 3.05) is 0 Å². The molecule has 0 amide bonds. The molecule has 1 aromatic carbocycles. The first kappa shape index (κ1) is 13.6. The Morgan fingerprint density at radius 1 is 1.30 bits per heavy atom. The summed E-state index contributed by atoms with van der Waals surface area (Å²) in [5.74, 6) is 0.148. The zero-order valence-corrected chi connectivity index (χ0v) is 13.5. The van der Waals surface area contributed by atoms with Gasteiger partial charge in [0, 0.05) is 10.7 Å². The molecule has 0 fully saturated rings. The van der Waals surface area contributed by atoms with Gasteiger partial charge in [-0.3, -0.25) is 4.79 Å². The van der Waals surface area contributed by atoms with Gasteiger partial charge in [0.1, 0.15) is 0 Å². The van der Waals surface area contributed by atoms with Gasteiger partial charge < -0.3 is 4.57 Å². The first-order valence-electron chi connectivity index (χ1n) is 6.53. The predicted octanol–water partition coefficient (Wildman–Crippen LogP) is 4.91. The summed E-state index contributed by atoms with van der Waals surface area (Å²) in [4.78, 5) is 13.2. The lowest BCUT2D eigenvalue weighted by molar-refractivity contribution is 0.0977. The molecule has 4 heteroatoms. The zero-order valence-electron chi connectivity index (χ0n) is 11.1. The zero-order chi connectivity index (χ0) is 14.1. The number of rotatable bonds is 4. The Morgan fingerprint density at radius 2 is 2.15 bits per heavy atom. The minimum atomic E-state index is 0.148. The highest BCUT2D eigenvalue weighted by Gasteiger charge is 2.14. The highest BCUT2D eigenvalue weighted by atomic mass is 79.9. The number of fused-ring (bicyclic) bond motifs is 1. The van der Waals surface area contributed by atoms with Crippen LogP contribution in [0.4, 0.5) is 0 Å². The van der Waals surface area contributed by atoms with Crippen LogP contribution in [-0.4, -0.2) is 10.4 Å². The van der Waals surface area contributed by atoms with E-state index in [1.54, 1.807) is 0 Å². The van der Waals surface area contributed by atoms with Crippen molar-refractivity contribution in [2.24, 2.45) is 0 Å². The van der Waals surface area contributed by atoms with Gasteiger partial charge in [-0.25, -0.2) is 0 Å². The summed E-state index contributed by atoms with van der Waals surface area (Å²) >= 11 is 4.91. The fraction of sp³-hybridized carbons (Fsp3) is 0.188. The first-order chi connectivity index (χ1) is 9.70. The fourth-order valence-electron chi connectivity index (χ4n) is 2.48. The number of carbonyl (C=O) groups is 1. The molecular formula is C16H14BrNOS. The Kier molecular flexibility index (Phi) is 3.76. The summed E-state index contributed by atoms with van der Waals surface area (Å²) in [6.45, 7) is 2.53. The standard InChI is InChI=1S/C16H14BrNOS/c1-2-11-4-3-5-12-6-8-18(15(11)12)10-14(19)16-13(17)7-9-20-16/h3-9H,2,10H2,1H3. The maximum absolute atomic E-state index is 12.4. The van der Waals surface area contributed by atoms with Gasteiger partial charge in [0.15, 0.2) is 5.78 Å². The first-order valence-corrected chi connectivity index (χ1v) is 8.21. The lowest BCUT2D eigenvalue weighted by atomic mass is 10.1. The lowest BCUT2D eigenvalue weighted by Gasteiger charge is -2.08. The number of hydrogen-bond donors (Lipinski definition) is 0. The number of para-hydroxylation sites is 1. The number of ketones is 1. The number of nitrogens with zero attached hydrogens (tertiary/aromatic N) is 1. The van der Waals surface area contributed by atoms with Gasteiger partial charge in [-0.15, -0.1) is 11.3 Å². The van der Waals surface area contributed by atoms with E-state index in [4.69, 9.17) is 0 Å². The van der Waals surface area contributed by atoms with Crippen LogP contribution in [0.3, 0.4) is 0 Å². The monoisotopic (exact) mass is 347 g/mol. The third-order valence-corrected chi connectivity index (χ3v) is 5.32. The van der Waals surface area contributed by atoms with Crippen LogP contribution in [0.5, 0.6) is 0 Å². The molecule has 2 nitrogen and oxygen atoms in total. The molecule has 0 spiro atoms. The molecule has 2 heterocycles. The van der Waals surface area contributed by atoms with Crippen LogP contribution in [0.25, 0.3) is 10.9 Å². The van der Waals surface area contributed by atoms with Crippen LogP contribution < -0.4 is 0 Å². The quantitative estimate of drug-likeness (QED) is 0.614. The Bertz CT molecular complexity index is 772. The molecule has 102 valence electrons. The van der Waals surface area contributed by atoms with E-state index in [0.29, 0.717) is 6.54 Å². The van der Waals surface area contributed by atoms with E-state index >= 15 is 0 Å². The second-order valence-corrected chi connectivity index (χ2v) is 6.44. The molecule has 0 aliphatic heterocycles. The van der Waals surface area contributed by atoms with E-state index in [0.717, 1.165) is 15.8 Å². The van der Waals surface area contributed by atoms with Crippen molar-refractivity contribution in [3.63, 3.8) is 0 Å². The number of benzene rings is 1. The Labute approximate surface area is 130 Å². The number of Topliss-reactive ketones (excluding diaryl/α,β-unsaturated/α-hetero) is 1. The molecule has 0 aliphatic rings. The third kappa shape index (κ3) is 2.34. The Balaban J connectivity index is 1.99. The van der Waals surface area contributed by atoms with Gasteiger partial charge in [-0.05, 0) is 50.8 Å². The third-order valence-electron chi connectivity index (χ3n) is 3.44. The van der Waals surface area contributed by atoms with E-state index in [2.05, 4.69) is 51.7 Å². The topological polar surface area (TPSA) is 22.0 Å². The SMILES string of the molecule is CCc1cccc2ccn(CC(=O)c3sccc3Br)c12. The number of hydrogen-bond acceptors (Lipinski definition) is 2. The number of aromatic nitrogens is 1. The van der Waals surface area contributed by atoms with Crippen molar-refractivity contribution in [3.8, 4) is 0 Å². The molecule has 0 aliphatic carbocycles. The van der Waals surface area contributed by atoms with Crippen LogP contribution in [-0.2, 0) is 13.0 Å². The maximum atomic E-state index is 12.4. The van der Waals surface area contributed by atoms with Gasteiger partial charge in [0.05, 0.1) is 16.9 Å². The van der Waals surface area contributed by atoms with Gasteiger partial charge in [0.25, 0.3) is 0 Å². The van der Waals surface area contributed by atoms with E-state index in [-0.39, 0.29) is 5.78 Å². The summed E-state index contributed by atoms with van der Waals surface area (Å²) in [5, 5.41) is 3.13. The molecule has 0 saturated heterocycles. The molecule has 3 rings (SSSR count). The van der Waals surface area contributed by atoms with Crippen LogP contribution in [0.1, 0.15) is 22.2 Å². The smallest absolute Gasteiger partial charge is 0.193 e. The second kappa shape index (κ2) is 5.54. The minimum absolute atomic E-state index is 0.148. The number of halogens is 1. The molecule has 0 unspecified atom stereocenters. The molecule has 0 saturated carbocycles. The highest BCUT2D eigenvalue weighted by molar-refractivity contribution is 9.10. The van der Waals surface area contributed by atoms with Crippen LogP contribution in [0.2, 0.25) is 0 Å². The van der Waals surface area contributed by atoms with E-state index in [9.17, 15) is 4.79 Å². The fourth-order valence-corrected chi connectivity index (χ4v) is 4.00. The summed E-state index contributed by atoms with van der Waals surface area (Å²) in [7, 11) is 0. The molecule has 0 N–H and O–H groups in total. The van der Waals surface area contributed by atoms with E-state index < -0.39 is 0 Å². The van der Waals surface area contributed by atoms with Crippen LogP contribution in [0.15, 0.2) is 46.4 Å². The molecule has 2 aromatic heterocycles. The molecule has 3 aromatic rings. The van der Waals surface area contributed by atoms with Crippen LogP contribution in [0, 0.1) is 0 Å². The molecule has 0 bridgehead atoms. The minimum Gasteiger partial charge on any atom is -0.339 e. The predicted molar refractivity (Wildman–Crippen MR) is 87.7 cm³/mol. The summed E-state index contributed by atoms with van der Waals surface area (Å²) in [6, 6.07) is 10.3. The normalized spacial score (nSPS) is 11.1.